The van der Waals surface area contributed by atoms with Crippen LogP contribution in [-0.4, -0.2) is 47.1 Å². The van der Waals surface area contributed by atoms with E-state index in [2.05, 4.69) is 20.2 Å². The van der Waals surface area contributed by atoms with Gasteiger partial charge in [0, 0.05) is 25.6 Å². The van der Waals surface area contributed by atoms with Crippen molar-refractivity contribution >= 4 is 27.5 Å². The highest BCUT2D eigenvalue weighted by Crippen LogP contribution is 2.42. The SMILES string of the molecule is O=C(NCc1ccccc1)[C@@]12COC[C@@H]1CN(Cc1nc3ccsc3c(=O)[nH]1)C2. The second-order valence-electron chi connectivity index (χ2n) is 7.85. The molecule has 2 saturated heterocycles. The number of amides is 1. The minimum atomic E-state index is -0.540. The first-order chi connectivity index (χ1) is 14.1. The fourth-order valence-corrected chi connectivity index (χ4v) is 5.17. The smallest absolute Gasteiger partial charge is 0.268 e. The van der Waals surface area contributed by atoms with E-state index in [9.17, 15) is 9.59 Å². The third-order valence-corrected chi connectivity index (χ3v) is 6.83. The van der Waals surface area contributed by atoms with Gasteiger partial charge in [0.05, 0.1) is 30.7 Å². The lowest BCUT2D eigenvalue weighted by Gasteiger charge is -2.26. The summed E-state index contributed by atoms with van der Waals surface area (Å²) in [4.78, 5) is 35.0. The summed E-state index contributed by atoms with van der Waals surface area (Å²) >= 11 is 1.40. The van der Waals surface area contributed by atoms with Gasteiger partial charge in [-0.3, -0.25) is 14.5 Å². The zero-order chi connectivity index (χ0) is 19.8. The number of benzene rings is 1. The van der Waals surface area contributed by atoms with E-state index in [0.717, 1.165) is 17.6 Å². The second-order valence-corrected chi connectivity index (χ2v) is 8.77. The van der Waals surface area contributed by atoms with E-state index in [1.807, 2.05) is 41.8 Å². The Bertz CT molecular complexity index is 1100. The van der Waals surface area contributed by atoms with Crippen molar-refractivity contribution in [3.63, 3.8) is 0 Å². The first kappa shape index (κ1) is 18.5. The van der Waals surface area contributed by atoms with Crippen LogP contribution in [0, 0.1) is 11.3 Å². The zero-order valence-electron chi connectivity index (χ0n) is 15.9. The van der Waals surface area contributed by atoms with Crippen LogP contribution in [0.2, 0.25) is 0 Å². The Hall–Kier alpha value is -2.55. The lowest BCUT2D eigenvalue weighted by atomic mass is 9.80. The fraction of sp³-hybridized carbons (Fsp3) is 0.381. The van der Waals surface area contributed by atoms with Crippen LogP contribution >= 0.6 is 11.3 Å². The predicted octanol–water partition coefficient (Wildman–Crippen LogP) is 1.75. The third-order valence-electron chi connectivity index (χ3n) is 5.93. The molecule has 2 aliphatic rings. The van der Waals surface area contributed by atoms with E-state index < -0.39 is 5.41 Å². The molecular formula is C21H22N4O3S. The molecule has 2 atom stereocenters. The predicted molar refractivity (Wildman–Crippen MR) is 111 cm³/mol. The number of ether oxygens (including phenoxy) is 1. The lowest BCUT2D eigenvalue weighted by Crippen LogP contribution is -2.46. The number of thiophene rings is 1. The zero-order valence-corrected chi connectivity index (χ0v) is 16.7. The van der Waals surface area contributed by atoms with Crippen LogP contribution in [0.5, 0.6) is 0 Å². The first-order valence-corrected chi connectivity index (χ1v) is 10.6. The topological polar surface area (TPSA) is 87.3 Å². The van der Waals surface area contributed by atoms with Crippen molar-refractivity contribution in [1.82, 2.24) is 20.2 Å². The van der Waals surface area contributed by atoms with Crippen LogP contribution < -0.4 is 10.9 Å². The van der Waals surface area contributed by atoms with Crippen LogP contribution in [0.1, 0.15) is 11.4 Å². The summed E-state index contributed by atoms with van der Waals surface area (Å²) in [6.45, 7) is 3.40. The van der Waals surface area contributed by atoms with Gasteiger partial charge in [0.2, 0.25) is 5.91 Å². The van der Waals surface area contributed by atoms with Crippen LogP contribution in [0.4, 0.5) is 0 Å². The molecular weight excluding hydrogens is 388 g/mol. The van der Waals surface area contributed by atoms with E-state index in [0.29, 0.717) is 43.4 Å². The van der Waals surface area contributed by atoms with Crippen LogP contribution in [-0.2, 0) is 22.6 Å². The summed E-state index contributed by atoms with van der Waals surface area (Å²) in [5, 5.41) is 4.97. The maximum atomic E-state index is 13.1. The minimum Gasteiger partial charge on any atom is -0.380 e. The number of aromatic amines is 1. The molecule has 29 heavy (non-hydrogen) atoms. The highest BCUT2D eigenvalue weighted by atomic mass is 32.1. The number of H-pyrrole nitrogens is 1. The molecule has 3 aromatic rings. The van der Waals surface area contributed by atoms with Crippen molar-refractivity contribution < 1.29 is 9.53 Å². The Morgan fingerprint density at radius 2 is 2.21 bits per heavy atom. The highest BCUT2D eigenvalue weighted by molar-refractivity contribution is 7.17. The van der Waals surface area contributed by atoms with Crippen molar-refractivity contribution in [1.29, 1.82) is 0 Å². The summed E-state index contributed by atoms with van der Waals surface area (Å²) in [5.41, 5.74) is 1.17. The van der Waals surface area contributed by atoms with Crippen molar-refractivity contribution in [3.8, 4) is 0 Å². The van der Waals surface area contributed by atoms with Gasteiger partial charge in [0.15, 0.2) is 0 Å². The van der Waals surface area contributed by atoms with E-state index in [-0.39, 0.29) is 17.4 Å². The maximum absolute atomic E-state index is 13.1. The summed E-state index contributed by atoms with van der Waals surface area (Å²) in [6.07, 6.45) is 0. The van der Waals surface area contributed by atoms with Crippen molar-refractivity contribution in [2.24, 2.45) is 11.3 Å². The van der Waals surface area contributed by atoms with Crippen molar-refractivity contribution in [2.75, 3.05) is 26.3 Å². The average Bonchev–Trinajstić information content (AvgIpc) is 3.41. The number of fused-ring (bicyclic) bond motifs is 2. The number of aromatic nitrogens is 2. The molecule has 8 heteroatoms. The van der Waals surface area contributed by atoms with Gasteiger partial charge in [-0.2, -0.15) is 0 Å². The average molecular weight is 410 g/mol. The number of hydrogen-bond acceptors (Lipinski definition) is 6. The molecule has 150 valence electrons. The molecule has 0 radical (unpaired) electrons. The Kier molecular flexibility index (Phi) is 4.69. The Balaban J connectivity index is 1.30. The molecule has 1 amide bonds. The van der Waals surface area contributed by atoms with Gasteiger partial charge < -0.3 is 15.0 Å². The van der Waals surface area contributed by atoms with E-state index in [1.54, 1.807) is 0 Å². The quantitative estimate of drug-likeness (QED) is 0.669. The van der Waals surface area contributed by atoms with Gasteiger partial charge in [-0.15, -0.1) is 11.3 Å². The van der Waals surface area contributed by atoms with Crippen molar-refractivity contribution in [2.45, 2.75) is 13.1 Å². The molecule has 2 aromatic heterocycles. The second kappa shape index (κ2) is 7.37. The molecule has 0 unspecified atom stereocenters. The van der Waals surface area contributed by atoms with E-state index >= 15 is 0 Å². The van der Waals surface area contributed by atoms with Crippen LogP contribution in [0.25, 0.3) is 10.2 Å². The lowest BCUT2D eigenvalue weighted by molar-refractivity contribution is -0.131. The molecule has 2 fully saturated rings. The van der Waals surface area contributed by atoms with Crippen LogP contribution in [0.15, 0.2) is 46.6 Å². The summed E-state index contributed by atoms with van der Waals surface area (Å²) in [6, 6.07) is 11.8. The standard InChI is InChI=1S/C21H22N4O3S/c26-19-18-16(6-7-29-18)23-17(24-19)10-25-9-15-11-28-13-21(15,12-25)20(27)22-8-14-4-2-1-3-5-14/h1-7,15H,8-13H2,(H,22,27)(H,23,24,26)/t15-,21-/m0/s1. The number of rotatable bonds is 5. The molecule has 0 saturated carbocycles. The molecule has 2 aliphatic heterocycles. The molecule has 0 aliphatic carbocycles. The Morgan fingerprint density at radius 3 is 3.07 bits per heavy atom. The number of nitrogens with zero attached hydrogens (tertiary/aromatic N) is 2. The van der Waals surface area contributed by atoms with Crippen LogP contribution in [0.3, 0.4) is 0 Å². The number of carbonyl (C=O) groups is 1. The van der Waals surface area contributed by atoms with Gasteiger partial charge in [-0.25, -0.2) is 4.98 Å². The van der Waals surface area contributed by atoms with Gasteiger partial charge in [-0.1, -0.05) is 30.3 Å². The van der Waals surface area contributed by atoms with Gasteiger partial charge in [0.1, 0.15) is 10.5 Å². The molecule has 2 N–H and O–H groups in total. The Labute approximate surface area is 171 Å². The highest BCUT2D eigenvalue weighted by Gasteiger charge is 2.55. The molecule has 7 nitrogen and oxygen atoms in total. The summed E-state index contributed by atoms with van der Waals surface area (Å²) in [7, 11) is 0. The molecule has 4 heterocycles. The largest absolute Gasteiger partial charge is 0.380 e. The van der Waals surface area contributed by atoms with E-state index in [4.69, 9.17) is 4.74 Å². The molecule has 5 rings (SSSR count). The number of carbonyl (C=O) groups excluding carboxylic acids is 1. The fourth-order valence-electron chi connectivity index (χ4n) is 4.44. The summed E-state index contributed by atoms with van der Waals surface area (Å²) < 4.78 is 6.34. The number of likely N-dealkylation sites (tertiary alicyclic amines) is 1. The van der Waals surface area contributed by atoms with E-state index in [1.165, 1.54) is 11.3 Å². The Morgan fingerprint density at radius 1 is 1.34 bits per heavy atom. The molecule has 1 aromatic carbocycles. The molecule has 0 bridgehead atoms. The molecule has 0 spiro atoms. The third kappa shape index (κ3) is 3.37. The maximum Gasteiger partial charge on any atom is 0.268 e. The van der Waals surface area contributed by atoms with Crippen molar-refractivity contribution in [3.05, 3.63) is 63.5 Å². The normalized spacial score (nSPS) is 24.1. The monoisotopic (exact) mass is 410 g/mol. The number of hydrogen-bond donors (Lipinski definition) is 2. The first-order valence-electron chi connectivity index (χ1n) is 9.73. The minimum absolute atomic E-state index is 0.0427. The summed E-state index contributed by atoms with van der Waals surface area (Å²) in [5.74, 6) is 0.831. The van der Waals surface area contributed by atoms with Gasteiger partial charge in [-0.05, 0) is 17.0 Å². The van der Waals surface area contributed by atoms with Gasteiger partial charge >= 0.3 is 0 Å². The van der Waals surface area contributed by atoms with Gasteiger partial charge in [0.25, 0.3) is 5.56 Å². The number of nitrogens with one attached hydrogen (secondary N) is 2.